The smallest absolute Gasteiger partial charge is 0.352 e. The first-order valence-corrected chi connectivity index (χ1v) is 6.11. The summed E-state index contributed by atoms with van der Waals surface area (Å²) in [5.74, 6) is -0.523. The molecule has 3 rings (SSSR count). The van der Waals surface area contributed by atoms with Crippen LogP contribution in [0.3, 0.4) is 0 Å². The molecule has 2 heterocycles. The zero-order valence-corrected chi connectivity index (χ0v) is 10.5. The van der Waals surface area contributed by atoms with Crippen molar-refractivity contribution in [3.8, 4) is 5.88 Å². The molecule has 3 aromatic rings. The molecule has 0 saturated heterocycles. The van der Waals surface area contributed by atoms with Gasteiger partial charge in [-0.2, -0.15) is 0 Å². The fourth-order valence-electron chi connectivity index (χ4n) is 1.94. The van der Waals surface area contributed by atoms with Crippen LogP contribution in [0.2, 0.25) is 0 Å². The lowest BCUT2D eigenvalue weighted by molar-refractivity contribution is 0.0691. The van der Waals surface area contributed by atoms with Gasteiger partial charge in [-0.25, -0.2) is 9.78 Å². The Morgan fingerprint density at radius 2 is 2.05 bits per heavy atom. The molecule has 0 aliphatic heterocycles. The van der Waals surface area contributed by atoms with E-state index in [4.69, 9.17) is 9.84 Å². The van der Waals surface area contributed by atoms with E-state index in [0.717, 1.165) is 10.9 Å². The van der Waals surface area contributed by atoms with Crippen molar-refractivity contribution in [1.82, 2.24) is 9.97 Å². The summed E-state index contributed by atoms with van der Waals surface area (Å²) in [4.78, 5) is 17.8. The minimum absolute atomic E-state index is 0.141. The van der Waals surface area contributed by atoms with Gasteiger partial charge in [0.25, 0.3) is 0 Å². The quantitative estimate of drug-likeness (QED) is 0.763. The summed E-state index contributed by atoms with van der Waals surface area (Å²) in [6, 6.07) is 13.1. The van der Waals surface area contributed by atoms with Gasteiger partial charge in [-0.1, -0.05) is 30.3 Å². The highest BCUT2D eigenvalue weighted by molar-refractivity contribution is 5.93. The second-order valence-corrected chi connectivity index (χ2v) is 4.37. The molecule has 0 aliphatic rings. The highest BCUT2D eigenvalue weighted by Crippen LogP contribution is 2.19. The highest BCUT2D eigenvalue weighted by atomic mass is 16.5. The number of hydrogen-bond donors (Lipinski definition) is 2. The first-order chi connectivity index (χ1) is 9.72. The lowest BCUT2D eigenvalue weighted by Crippen LogP contribution is -1.96. The molecular weight excluding hydrogens is 256 g/mol. The Bertz CT molecular complexity index is 750. The van der Waals surface area contributed by atoms with Crippen LogP contribution in [0.4, 0.5) is 0 Å². The number of aromatic carboxylic acids is 1. The molecule has 0 aliphatic carbocycles. The van der Waals surface area contributed by atoms with Crippen LogP contribution in [0.5, 0.6) is 5.88 Å². The number of ether oxygens (including phenoxy) is 1. The van der Waals surface area contributed by atoms with Gasteiger partial charge in [0.05, 0.1) is 11.7 Å². The molecule has 0 bridgehead atoms. The molecule has 0 spiro atoms. The Morgan fingerprint density at radius 3 is 2.80 bits per heavy atom. The molecule has 5 nitrogen and oxygen atoms in total. The predicted molar refractivity (Wildman–Crippen MR) is 73.8 cm³/mol. The summed E-state index contributed by atoms with van der Waals surface area (Å²) in [5, 5.41) is 9.69. The molecule has 0 unspecified atom stereocenters. The third-order valence-corrected chi connectivity index (χ3v) is 2.94. The second-order valence-electron chi connectivity index (χ2n) is 4.37. The van der Waals surface area contributed by atoms with Gasteiger partial charge >= 0.3 is 5.97 Å². The van der Waals surface area contributed by atoms with Gasteiger partial charge in [0, 0.05) is 11.5 Å². The summed E-state index contributed by atoms with van der Waals surface area (Å²) < 4.78 is 5.60. The van der Waals surface area contributed by atoms with Crippen LogP contribution in [0.1, 0.15) is 16.1 Å². The van der Waals surface area contributed by atoms with E-state index < -0.39 is 5.97 Å². The SMILES string of the molecule is O=C(O)c1cc2cc(OCc3ccccc3)ncc2[nH]1. The van der Waals surface area contributed by atoms with E-state index >= 15 is 0 Å². The molecule has 0 radical (unpaired) electrons. The number of nitrogens with zero attached hydrogens (tertiary/aromatic N) is 1. The molecule has 0 amide bonds. The van der Waals surface area contributed by atoms with E-state index in [-0.39, 0.29) is 5.69 Å². The van der Waals surface area contributed by atoms with E-state index in [1.807, 2.05) is 30.3 Å². The number of aromatic nitrogens is 2. The van der Waals surface area contributed by atoms with Crippen molar-refractivity contribution in [2.24, 2.45) is 0 Å². The molecule has 2 N–H and O–H groups in total. The molecule has 2 aromatic heterocycles. The number of carbonyl (C=O) groups is 1. The molecule has 1 aromatic carbocycles. The van der Waals surface area contributed by atoms with Gasteiger partial charge in [-0.15, -0.1) is 0 Å². The fraction of sp³-hybridized carbons (Fsp3) is 0.0667. The Kier molecular flexibility index (Phi) is 3.09. The summed E-state index contributed by atoms with van der Waals surface area (Å²) >= 11 is 0. The van der Waals surface area contributed by atoms with Crippen LogP contribution >= 0.6 is 0 Å². The maximum atomic E-state index is 10.9. The summed E-state index contributed by atoms with van der Waals surface area (Å²) in [6.45, 7) is 0.426. The molecule has 20 heavy (non-hydrogen) atoms. The number of carboxylic acid groups (broad SMARTS) is 1. The zero-order chi connectivity index (χ0) is 13.9. The largest absolute Gasteiger partial charge is 0.477 e. The van der Waals surface area contributed by atoms with Gasteiger partial charge in [-0.05, 0) is 11.6 Å². The number of nitrogens with one attached hydrogen (secondary N) is 1. The molecule has 5 heteroatoms. The normalized spacial score (nSPS) is 10.6. The van der Waals surface area contributed by atoms with E-state index in [1.54, 1.807) is 18.3 Å². The number of aromatic amines is 1. The lowest BCUT2D eigenvalue weighted by Gasteiger charge is -2.04. The van der Waals surface area contributed by atoms with E-state index in [2.05, 4.69) is 9.97 Å². The zero-order valence-electron chi connectivity index (χ0n) is 10.5. The summed E-state index contributed by atoms with van der Waals surface area (Å²) in [7, 11) is 0. The number of pyridine rings is 1. The van der Waals surface area contributed by atoms with Crippen LogP contribution < -0.4 is 4.74 Å². The number of fused-ring (bicyclic) bond motifs is 1. The first kappa shape index (κ1) is 12.2. The third-order valence-electron chi connectivity index (χ3n) is 2.94. The highest BCUT2D eigenvalue weighted by Gasteiger charge is 2.08. The standard InChI is InChI=1S/C15H12N2O3/c18-15(19)12-6-11-7-14(16-8-13(11)17-12)20-9-10-4-2-1-3-5-10/h1-8,17H,9H2,(H,18,19). The lowest BCUT2D eigenvalue weighted by atomic mass is 10.2. The van der Waals surface area contributed by atoms with E-state index in [1.165, 1.54) is 0 Å². The molecule has 100 valence electrons. The van der Waals surface area contributed by atoms with Crippen LogP contribution in [0, 0.1) is 0 Å². The average molecular weight is 268 g/mol. The molecule has 0 saturated carbocycles. The van der Waals surface area contributed by atoms with Crippen LogP contribution in [-0.2, 0) is 6.61 Å². The van der Waals surface area contributed by atoms with Gasteiger partial charge < -0.3 is 14.8 Å². The Balaban J connectivity index is 1.80. The van der Waals surface area contributed by atoms with Crippen molar-refractivity contribution >= 4 is 16.9 Å². The fourth-order valence-corrected chi connectivity index (χ4v) is 1.94. The van der Waals surface area contributed by atoms with Crippen molar-refractivity contribution < 1.29 is 14.6 Å². The Hall–Kier alpha value is -2.82. The Labute approximate surface area is 114 Å². The van der Waals surface area contributed by atoms with Crippen molar-refractivity contribution in [3.63, 3.8) is 0 Å². The third kappa shape index (κ3) is 2.47. The summed E-state index contributed by atoms with van der Waals surface area (Å²) in [5.41, 5.74) is 1.87. The van der Waals surface area contributed by atoms with Gasteiger partial charge in [-0.3, -0.25) is 0 Å². The number of H-pyrrole nitrogens is 1. The van der Waals surface area contributed by atoms with Crippen molar-refractivity contribution in [2.75, 3.05) is 0 Å². The van der Waals surface area contributed by atoms with E-state index in [0.29, 0.717) is 18.0 Å². The summed E-state index contributed by atoms with van der Waals surface area (Å²) in [6.07, 6.45) is 1.57. The van der Waals surface area contributed by atoms with Crippen molar-refractivity contribution in [3.05, 3.63) is 59.9 Å². The van der Waals surface area contributed by atoms with Crippen LogP contribution in [0.15, 0.2) is 48.7 Å². The first-order valence-electron chi connectivity index (χ1n) is 6.11. The van der Waals surface area contributed by atoms with Crippen molar-refractivity contribution in [1.29, 1.82) is 0 Å². The minimum Gasteiger partial charge on any atom is -0.477 e. The number of rotatable bonds is 4. The minimum atomic E-state index is -0.993. The average Bonchev–Trinajstić information content (AvgIpc) is 2.89. The predicted octanol–water partition coefficient (Wildman–Crippen LogP) is 2.84. The molecular formula is C15H12N2O3. The van der Waals surface area contributed by atoms with Crippen LogP contribution in [0.25, 0.3) is 10.9 Å². The van der Waals surface area contributed by atoms with Gasteiger partial charge in [0.15, 0.2) is 0 Å². The second kappa shape index (κ2) is 5.05. The van der Waals surface area contributed by atoms with Gasteiger partial charge in [0.2, 0.25) is 5.88 Å². The Morgan fingerprint density at radius 1 is 1.25 bits per heavy atom. The number of carboxylic acids is 1. The molecule has 0 atom stereocenters. The van der Waals surface area contributed by atoms with Gasteiger partial charge in [0.1, 0.15) is 12.3 Å². The van der Waals surface area contributed by atoms with Crippen molar-refractivity contribution in [2.45, 2.75) is 6.61 Å². The number of hydrogen-bond acceptors (Lipinski definition) is 3. The molecule has 0 fully saturated rings. The topological polar surface area (TPSA) is 75.2 Å². The maximum absolute atomic E-state index is 10.9. The number of benzene rings is 1. The van der Waals surface area contributed by atoms with E-state index in [9.17, 15) is 4.79 Å². The van der Waals surface area contributed by atoms with Crippen LogP contribution in [-0.4, -0.2) is 21.0 Å². The monoisotopic (exact) mass is 268 g/mol. The maximum Gasteiger partial charge on any atom is 0.352 e.